The quantitative estimate of drug-likeness (QED) is 0.736. The number of aliphatic hydroxyl groups is 1. The lowest BCUT2D eigenvalue weighted by molar-refractivity contribution is -0.0202. The van der Waals surface area contributed by atoms with Crippen LogP contribution in [-0.2, 0) is 4.74 Å². The van der Waals surface area contributed by atoms with Crippen LogP contribution in [0.25, 0.3) is 0 Å². The molecule has 0 bridgehead atoms. The van der Waals surface area contributed by atoms with E-state index in [1.54, 1.807) is 24.3 Å². The van der Waals surface area contributed by atoms with E-state index in [4.69, 9.17) is 5.73 Å². The third kappa shape index (κ3) is 3.81. The molecule has 0 radical (unpaired) electrons. The highest BCUT2D eigenvalue weighted by atomic mass is 19.3. The summed E-state index contributed by atoms with van der Waals surface area (Å²) in [5.74, 6) is 0. The van der Waals surface area contributed by atoms with Gasteiger partial charge in [-0.2, -0.15) is 0 Å². The van der Waals surface area contributed by atoms with Gasteiger partial charge in [-0.05, 0) is 6.07 Å². The summed E-state index contributed by atoms with van der Waals surface area (Å²) in [4.78, 5) is 0. The topological polar surface area (TPSA) is 55.5 Å². The third-order valence-electron chi connectivity index (χ3n) is 1.87. The van der Waals surface area contributed by atoms with E-state index in [1.807, 2.05) is 0 Å². The van der Waals surface area contributed by atoms with Crippen LogP contribution in [0.3, 0.4) is 0 Å². The van der Waals surface area contributed by atoms with Gasteiger partial charge < -0.3 is 15.6 Å². The summed E-state index contributed by atoms with van der Waals surface area (Å²) < 4.78 is 28.1. The Morgan fingerprint density at radius 3 is 2.53 bits per heavy atom. The van der Waals surface area contributed by atoms with Gasteiger partial charge in [-0.3, -0.25) is 0 Å². The van der Waals surface area contributed by atoms with Gasteiger partial charge in [-0.15, -0.1) is 0 Å². The van der Waals surface area contributed by atoms with Gasteiger partial charge in [0.2, 0.25) is 0 Å². The first kappa shape index (κ1) is 11.9. The fourth-order valence-corrected chi connectivity index (χ4v) is 1.17. The number of para-hydroxylation sites is 1. The number of halogens is 2. The summed E-state index contributed by atoms with van der Waals surface area (Å²) in [7, 11) is 0. The van der Waals surface area contributed by atoms with E-state index in [9.17, 15) is 13.9 Å². The van der Waals surface area contributed by atoms with Crippen molar-refractivity contribution in [1.29, 1.82) is 0 Å². The average Bonchev–Trinajstić information content (AvgIpc) is 2.17. The molecule has 1 aromatic rings. The number of aliphatic hydroxyl groups excluding tert-OH is 1. The first-order chi connectivity index (χ1) is 7.11. The van der Waals surface area contributed by atoms with Crippen molar-refractivity contribution in [3.05, 3.63) is 29.8 Å². The average molecular weight is 217 g/mol. The lowest BCUT2D eigenvalue weighted by Crippen LogP contribution is -2.13. The number of nitrogen functional groups attached to an aromatic ring is 1. The molecule has 1 unspecified atom stereocenters. The summed E-state index contributed by atoms with van der Waals surface area (Å²) in [6.07, 6.45) is -3.49. The van der Waals surface area contributed by atoms with Crippen LogP contribution in [0.2, 0.25) is 0 Å². The molecular weight excluding hydrogens is 204 g/mol. The predicted octanol–water partition coefficient (Wildman–Crippen LogP) is 1.58. The molecule has 3 N–H and O–H groups in total. The van der Waals surface area contributed by atoms with Crippen LogP contribution in [0.15, 0.2) is 24.3 Å². The van der Waals surface area contributed by atoms with Crippen molar-refractivity contribution in [3.63, 3.8) is 0 Å². The van der Waals surface area contributed by atoms with Crippen molar-refractivity contribution in [1.82, 2.24) is 0 Å². The molecule has 0 aliphatic rings. The Morgan fingerprint density at radius 1 is 1.27 bits per heavy atom. The molecule has 84 valence electrons. The molecule has 0 saturated heterocycles. The van der Waals surface area contributed by atoms with Crippen molar-refractivity contribution in [3.8, 4) is 0 Å². The molecule has 1 rings (SSSR count). The van der Waals surface area contributed by atoms with Crippen LogP contribution < -0.4 is 5.73 Å². The highest BCUT2D eigenvalue weighted by molar-refractivity contribution is 5.47. The zero-order valence-corrected chi connectivity index (χ0v) is 8.07. The van der Waals surface area contributed by atoms with Crippen molar-refractivity contribution in [2.24, 2.45) is 0 Å². The normalized spacial score (nSPS) is 13.1. The number of alkyl halides is 2. The molecule has 0 saturated carbocycles. The molecule has 0 aliphatic carbocycles. The number of anilines is 1. The Labute approximate surface area is 86.5 Å². The molecule has 1 aromatic carbocycles. The largest absolute Gasteiger partial charge is 0.398 e. The fourth-order valence-electron chi connectivity index (χ4n) is 1.17. The van der Waals surface area contributed by atoms with Gasteiger partial charge >= 0.3 is 0 Å². The van der Waals surface area contributed by atoms with E-state index in [-0.39, 0.29) is 6.61 Å². The second kappa shape index (κ2) is 5.63. The first-order valence-electron chi connectivity index (χ1n) is 4.49. The van der Waals surface area contributed by atoms with Crippen molar-refractivity contribution in [2.45, 2.75) is 12.5 Å². The van der Waals surface area contributed by atoms with Crippen molar-refractivity contribution < 1.29 is 18.6 Å². The number of hydrogen-bond donors (Lipinski definition) is 2. The van der Waals surface area contributed by atoms with Gasteiger partial charge in [0.25, 0.3) is 6.43 Å². The Kier molecular flexibility index (Phi) is 4.45. The van der Waals surface area contributed by atoms with Crippen LogP contribution in [0.5, 0.6) is 0 Å². The summed E-state index contributed by atoms with van der Waals surface area (Å²) in [5, 5.41) is 9.56. The molecule has 0 heterocycles. The van der Waals surface area contributed by atoms with Crippen LogP contribution in [0.1, 0.15) is 11.7 Å². The maximum atomic E-state index is 11.7. The van der Waals surface area contributed by atoms with Gasteiger partial charge in [0.1, 0.15) is 12.7 Å². The van der Waals surface area contributed by atoms with Gasteiger partial charge in [-0.1, -0.05) is 18.2 Å². The maximum Gasteiger partial charge on any atom is 0.261 e. The molecular formula is C10H13F2NO2. The monoisotopic (exact) mass is 217 g/mol. The molecule has 0 fully saturated rings. The number of hydrogen-bond acceptors (Lipinski definition) is 3. The zero-order chi connectivity index (χ0) is 11.3. The lowest BCUT2D eigenvalue weighted by atomic mass is 10.1. The second-order valence-electron chi connectivity index (χ2n) is 3.07. The molecule has 0 aliphatic heterocycles. The van der Waals surface area contributed by atoms with Gasteiger partial charge in [0.05, 0.1) is 6.61 Å². The second-order valence-corrected chi connectivity index (χ2v) is 3.07. The molecule has 1 atom stereocenters. The number of ether oxygens (including phenoxy) is 1. The van der Waals surface area contributed by atoms with Crippen molar-refractivity contribution in [2.75, 3.05) is 18.9 Å². The lowest BCUT2D eigenvalue weighted by Gasteiger charge is -2.13. The molecule has 0 aromatic heterocycles. The number of nitrogens with two attached hydrogens (primary N) is 1. The van der Waals surface area contributed by atoms with E-state index in [2.05, 4.69) is 4.74 Å². The van der Waals surface area contributed by atoms with Crippen LogP contribution >= 0.6 is 0 Å². The maximum absolute atomic E-state index is 11.7. The predicted molar refractivity (Wildman–Crippen MR) is 52.6 cm³/mol. The molecule has 0 amide bonds. The van der Waals surface area contributed by atoms with Crippen LogP contribution in [-0.4, -0.2) is 24.7 Å². The summed E-state index contributed by atoms with van der Waals surface area (Å²) in [6, 6.07) is 6.70. The third-order valence-corrected chi connectivity index (χ3v) is 1.87. The highest BCUT2D eigenvalue weighted by Crippen LogP contribution is 2.19. The van der Waals surface area contributed by atoms with E-state index >= 15 is 0 Å². The Balaban J connectivity index is 2.47. The molecule has 5 heteroatoms. The first-order valence-corrected chi connectivity index (χ1v) is 4.49. The molecule has 3 nitrogen and oxygen atoms in total. The minimum atomic E-state index is -2.52. The van der Waals surface area contributed by atoms with Gasteiger partial charge in [-0.25, -0.2) is 8.78 Å². The smallest absolute Gasteiger partial charge is 0.261 e. The van der Waals surface area contributed by atoms with Crippen LogP contribution in [0.4, 0.5) is 14.5 Å². The minimum absolute atomic E-state index is 0.182. The number of benzene rings is 1. The zero-order valence-electron chi connectivity index (χ0n) is 8.07. The van der Waals surface area contributed by atoms with Gasteiger partial charge in [0, 0.05) is 11.3 Å². The number of rotatable bonds is 5. The Hall–Kier alpha value is -1.20. The Bertz CT molecular complexity index is 307. The van der Waals surface area contributed by atoms with Gasteiger partial charge in [0.15, 0.2) is 0 Å². The molecule has 0 spiro atoms. The van der Waals surface area contributed by atoms with Crippen LogP contribution in [0, 0.1) is 0 Å². The highest BCUT2D eigenvalue weighted by Gasteiger charge is 2.11. The molecule has 15 heavy (non-hydrogen) atoms. The summed E-state index contributed by atoms with van der Waals surface area (Å²) in [5.41, 5.74) is 6.50. The SMILES string of the molecule is Nc1ccccc1C(O)COCC(F)F. The Morgan fingerprint density at radius 2 is 1.93 bits per heavy atom. The van der Waals surface area contributed by atoms with E-state index < -0.39 is 19.1 Å². The summed E-state index contributed by atoms with van der Waals surface area (Å²) >= 11 is 0. The summed E-state index contributed by atoms with van der Waals surface area (Å²) in [6.45, 7) is -0.859. The van der Waals surface area contributed by atoms with E-state index in [0.29, 0.717) is 11.3 Å². The standard InChI is InChI=1S/C10H13F2NO2/c11-10(12)6-15-5-9(14)7-3-1-2-4-8(7)13/h1-4,9-10,14H,5-6,13H2. The van der Waals surface area contributed by atoms with Crippen molar-refractivity contribution >= 4 is 5.69 Å². The van der Waals surface area contributed by atoms with E-state index in [0.717, 1.165) is 0 Å². The fraction of sp³-hybridized carbons (Fsp3) is 0.400. The minimum Gasteiger partial charge on any atom is -0.398 e. The van der Waals surface area contributed by atoms with E-state index in [1.165, 1.54) is 0 Å².